The summed E-state index contributed by atoms with van der Waals surface area (Å²) < 4.78 is 5.26. The molecule has 2 heteroatoms. The third kappa shape index (κ3) is 3.95. The molecule has 0 aliphatic rings. The molecule has 0 saturated heterocycles. The van der Waals surface area contributed by atoms with Crippen LogP contribution in [0.25, 0.3) is 0 Å². The Balaban J connectivity index is 2.86. The molecule has 1 aromatic carbocycles. The van der Waals surface area contributed by atoms with Gasteiger partial charge in [0.15, 0.2) is 5.78 Å². The minimum atomic E-state index is -0.416. The van der Waals surface area contributed by atoms with Gasteiger partial charge in [0, 0.05) is 12.7 Å². The molecule has 0 saturated carbocycles. The van der Waals surface area contributed by atoms with Crippen molar-refractivity contribution in [3.63, 3.8) is 0 Å². The maximum atomic E-state index is 12.6. The number of hydrogen-bond donors (Lipinski definition) is 0. The number of ketones is 1. The van der Waals surface area contributed by atoms with Crippen molar-refractivity contribution in [2.75, 3.05) is 13.7 Å². The summed E-state index contributed by atoms with van der Waals surface area (Å²) in [5.74, 6) is 0.787. The lowest BCUT2D eigenvalue weighted by molar-refractivity contribution is 0.0535. The molecular formula is C16H24O2. The van der Waals surface area contributed by atoms with Gasteiger partial charge >= 0.3 is 0 Å². The Morgan fingerprint density at radius 1 is 1.28 bits per heavy atom. The van der Waals surface area contributed by atoms with Crippen molar-refractivity contribution >= 4 is 5.78 Å². The molecule has 0 heterocycles. The minimum absolute atomic E-state index is 0.186. The van der Waals surface area contributed by atoms with Crippen LogP contribution in [0.2, 0.25) is 0 Å². The summed E-state index contributed by atoms with van der Waals surface area (Å²) in [6.45, 7) is 6.85. The Hall–Kier alpha value is -1.15. The molecule has 100 valence electrons. The summed E-state index contributed by atoms with van der Waals surface area (Å²) in [7, 11) is 1.66. The van der Waals surface area contributed by atoms with E-state index in [1.54, 1.807) is 7.11 Å². The van der Waals surface area contributed by atoms with Crippen molar-refractivity contribution in [1.82, 2.24) is 0 Å². The largest absolute Gasteiger partial charge is 0.384 e. The van der Waals surface area contributed by atoms with E-state index in [2.05, 4.69) is 13.8 Å². The van der Waals surface area contributed by atoms with Crippen molar-refractivity contribution in [2.45, 2.75) is 33.6 Å². The summed E-state index contributed by atoms with van der Waals surface area (Å²) in [4.78, 5) is 12.6. The monoisotopic (exact) mass is 248 g/mol. The fraction of sp³-hybridized carbons (Fsp3) is 0.562. The number of ether oxygens (including phenoxy) is 1. The van der Waals surface area contributed by atoms with Gasteiger partial charge in [0.2, 0.25) is 0 Å². The average molecular weight is 248 g/mol. The number of benzene rings is 1. The van der Waals surface area contributed by atoms with Gasteiger partial charge in [-0.05, 0) is 18.8 Å². The van der Waals surface area contributed by atoms with Crippen molar-refractivity contribution in [2.24, 2.45) is 11.3 Å². The zero-order valence-corrected chi connectivity index (χ0v) is 11.9. The van der Waals surface area contributed by atoms with Crippen LogP contribution < -0.4 is 0 Å². The molecule has 1 unspecified atom stereocenters. The fourth-order valence-corrected chi connectivity index (χ4v) is 2.12. The van der Waals surface area contributed by atoms with E-state index in [4.69, 9.17) is 4.74 Å². The first kappa shape index (κ1) is 14.9. The molecule has 2 nitrogen and oxygen atoms in total. The summed E-state index contributed by atoms with van der Waals surface area (Å²) >= 11 is 0. The minimum Gasteiger partial charge on any atom is -0.384 e. The van der Waals surface area contributed by atoms with Crippen molar-refractivity contribution < 1.29 is 9.53 Å². The predicted octanol–water partition coefficient (Wildman–Crippen LogP) is 3.96. The van der Waals surface area contributed by atoms with Crippen LogP contribution in [0.5, 0.6) is 0 Å². The molecule has 0 amide bonds. The third-order valence-electron chi connectivity index (χ3n) is 3.32. The standard InChI is InChI=1S/C16H24O2/c1-13(2)10-11-16(3,12-18-4)15(17)14-8-6-5-7-9-14/h5-9,13H,10-12H2,1-4H3. The van der Waals surface area contributed by atoms with Crippen LogP contribution in [0.3, 0.4) is 0 Å². The maximum absolute atomic E-state index is 12.6. The fourth-order valence-electron chi connectivity index (χ4n) is 2.12. The number of carbonyl (C=O) groups is 1. The van der Waals surface area contributed by atoms with E-state index < -0.39 is 5.41 Å². The molecule has 0 spiro atoms. The first-order valence-corrected chi connectivity index (χ1v) is 6.58. The highest BCUT2D eigenvalue weighted by atomic mass is 16.5. The van der Waals surface area contributed by atoms with Crippen LogP contribution >= 0.6 is 0 Å². The second kappa shape index (κ2) is 6.69. The van der Waals surface area contributed by atoms with E-state index >= 15 is 0 Å². The molecule has 1 aromatic rings. The quantitative estimate of drug-likeness (QED) is 0.683. The van der Waals surface area contributed by atoms with Gasteiger partial charge in [-0.25, -0.2) is 0 Å². The van der Waals surface area contributed by atoms with E-state index in [1.165, 1.54) is 0 Å². The van der Waals surface area contributed by atoms with Crippen LogP contribution in [0.1, 0.15) is 44.0 Å². The average Bonchev–Trinajstić information content (AvgIpc) is 2.37. The van der Waals surface area contributed by atoms with Crippen molar-refractivity contribution in [3.05, 3.63) is 35.9 Å². The van der Waals surface area contributed by atoms with Gasteiger partial charge in [-0.1, -0.05) is 51.1 Å². The molecule has 0 aliphatic carbocycles. The van der Waals surface area contributed by atoms with Gasteiger partial charge in [-0.2, -0.15) is 0 Å². The summed E-state index contributed by atoms with van der Waals surface area (Å²) in [6.07, 6.45) is 1.91. The summed E-state index contributed by atoms with van der Waals surface area (Å²) in [5.41, 5.74) is 0.362. The normalized spacial score (nSPS) is 14.5. The van der Waals surface area contributed by atoms with Gasteiger partial charge in [-0.15, -0.1) is 0 Å². The van der Waals surface area contributed by atoms with Gasteiger partial charge in [-0.3, -0.25) is 4.79 Å². The molecular weight excluding hydrogens is 224 g/mol. The molecule has 0 aliphatic heterocycles. The Morgan fingerprint density at radius 2 is 1.89 bits per heavy atom. The highest BCUT2D eigenvalue weighted by molar-refractivity contribution is 6.00. The van der Waals surface area contributed by atoms with Crippen LogP contribution in [0.15, 0.2) is 30.3 Å². The molecule has 0 radical (unpaired) electrons. The Labute approximate surface area is 110 Å². The molecule has 0 aromatic heterocycles. The van der Waals surface area contributed by atoms with E-state index in [9.17, 15) is 4.79 Å². The number of methoxy groups -OCH3 is 1. The summed E-state index contributed by atoms with van der Waals surface area (Å²) in [6, 6.07) is 9.50. The van der Waals surface area contributed by atoms with E-state index in [0.717, 1.165) is 18.4 Å². The molecule has 1 rings (SSSR count). The Morgan fingerprint density at radius 3 is 2.39 bits per heavy atom. The van der Waals surface area contributed by atoms with E-state index in [-0.39, 0.29) is 5.78 Å². The topological polar surface area (TPSA) is 26.3 Å². The Kier molecular flexibility index (Phi) is 5.54. The zero-order chi connectivity index (χ0) is 13.6. The SMILES string of the molecule is COCC(C)(CCC(C)C)C(=O)c1ccccc1. The first-order chi connectivity index (χ1) is 8.49. The van der Waals surface area contributed by atoms with Gasteiger partial charge in [0.25, 0.3) is 0 Å². The number of rotatable bonds is 7. The lowest BCUT2D eigenvalue weighted by Gasteiger charge is -2.28. The molecule has 0 N–H and O–H groups in total. The zero-order valence-electron chi connectivity index (χ0n) is 11.9. The second-order valence-electron chi connectivity index (χ2n) is 5.62. The van der Waals surface area contributed by atoms with Gasteiger partial charge in [0.1, 0.15) is 0 Å². The number of carbonyl (C=O) groups excluding carboxylic acids is 1. The van der Waals surface area contributed by atoms with Crippen LogP contribution in [0, 0.1) is 11.3 Å². The van der Waals surface area contributed by atoms with Gasteiger partial charge < -0.3 is 4.74 Å². The van der Waals surface area contributed by atoms with Crippen molar-refractivity contribution in [1.29, 1.82) is 0 Å². The summed E-state index contributed by atoms with van der Waals surface area (Å²) in [5, 5.41) is 0. The van der Waals surface area contributed by atoms with Crippen LogP contribution in [-0.2, 0) is 4.74 Å². The Bertz CT molecular complexity index is 370. The first-order valence-electron chi connectivity index (χ1n) is 6.58. The highest BCUT2D eigenvalue weighted by Gasteiger charge is 2.33. The van der Waals surface area contributed by atoms with Gasteiger partial charge in [0.05, 0.1) is 12.0 Å². The number of Topliss-reactive ketones (excluding diaryl/α,β-unsaturated/α-hetero) is 1. The van der Waals surface area contributed by atoms with E-state index in [0.29, 0.717) is 12.5 Å². The molecule has 1 atom stereocenters. The third-order valence-corrected chi connectivity index (χ3v) is 3.32. The van der Waals surface area contributed by atoms with E-state index in [1.807, 2.05) is 37.3 Å². The van der Waals surface area contributed by atoms with Crippen LogP contribution in [0.4, 0.5) is 0 Å². The second-order valence-corrected chi connectivity index (χ2v) is 5.62. The van der Waals surface area contributed by atoms with Crippen molar-refractivity contribution in [3.8, 4) is 0 Å². The number of hydrogen-bond acceptors (Lipinski definition) is 2. The molecule has 18 heavy (non-hydrogen) atoms. The smallest absolute Gasteiger partial charge is 0.171 e. The lowest BCUT2D eigenvalue weighted by atomic mass is 9.77. The molecule has 0 bridgehead atoms. The van der Waals surface area contributed by atoms with Crippen LogP contribution in [-0.4, -0.2) is 19.5 Å². The highest BCUT2D eigenvalue weighted by Crippen LogP contribution is 2.30. The predicted molar refractivity (Wildman–Crippen MR) is 74.8 cm³/mol. The molecule has 0 fully saturated rings. The lowest BCUT2D eigenvalue weighted by Crippen LogP contribution is -2.33. The maximum Gasteiger partial charge on any atom is 0.171 e.